The van der Waals surface area contributed by atoms with Crippen LogP contribution in [0.2, 0.25) is 5.15 Å². The number of pyridine rings is 1. The van der Waals surface area contributed by atoms with Crippen LogP contribution in [0.1, 0.15) is 5.56 Å². The summed E-state index contributed by atoms with van der Waals surface area (Å²) in [6.07, 6.45) is 3.26. The summed E-state index contributed by atoms with van der Waals surface area (Å²) in [5, 5.41) is 15.0. The normalized spacial score (nSPS) is 13.6. The van der Waals surface area contributed by atoms with E-state index in [0.29, 0.717) is 5.46 Å². The SMILES string of the molecule is OB1c2c(ccnc2Cl)C=NN1c1cccc(Br)c1. The third-order valence-corrected chi connectivity index (χ3v) is 3.65. The molecule has 0 saturated carbocycles. The van der Waals surface area contributed by atoms with Crippen molar-refractivity contribution < 1.29 is 5.02 Å². The molecule has 7 heteroatoms. The third kappa shape index (κ3) is 2.27. The van der Waals surface area contributed by atoms with E-state index in [-0.39, 0.29) is 5.15 Å². The van der Waals surface area contributed by atoms with Gasteiger partial charge in [-0.15, -0.1) is 0 Å². The molecule has 0 amide bonds. The van der Waals surface area contributed by atoms with E-state index in [2.05, 4.69) is 26.0 Å². The van der Waals surface area contributed by atoms with Crippen molar-refractivity contribution in [2.45, 2.75) is 0 Å². The molecular weight excluding hydrogens is 328 g/mol. The number of hydrogen-bond donors (Lipinski definition) is 1. The third-order valence-electron chi connectivity index (χ3n) is 2.86. The minimum atomic E-state index is -0.949. The number of hydrogen-bond acceptors (Lipinski definition) is 4. The van der Waals surface area contributed by atoms with Crippen LogP contribution in [-0.4, -0.2) is 23.3 Å². The Morgan fingerprint density at radius 1 is 1.32 bits per heavy atom. The predicted molar refractivity (Wildman–Crippen MR) is 81.1 cm³/mol. The molecule has 1 aromatic heterocycles. The van der Waals surface area contributed by atoms with Gasteiger partial charge in [-0.05, 0) is 29.8 Å². The minimum absolute atomic E-state index is 0.288. The number of hydrazone groups is 1. The van der Waals surface area contributed by atoms with Gasteiger partial charge in [0.15, 0.2) is 0 Å². The molecule has 2 aromatic rings. The lowest BCUT2D eigenvalue weighted by Crippen LogP contribution is -2.51. The van der Waals surface area contributed by atoms with Crippen LogP contribution in [0.3, 0.4) is 0 Å². The minimum Gasteiger partial charge on any atom is -0.427 e. The van der Waals surface area contributed by atoms with Crippen LogP contribution in [0, 0.1) is 0 Å². The van der Waals surface area contributed by atoms with E-state index in [1.165, 1.54) is 4.92 Å². The van der Waals surface area contributed by atoms with Gasteiger partial charge in [-0.25, -0.2) is 4.98 Å². The molecule has 1 aliphatic heterocycles. The summed E-state index contributed by atoms with van der Waals surface area (Å²) in [4.78, 5) is 5.50. The molecule has 0 aliphatic carbocycles. The molecule has 1 aliphatic rings. The lowest BCUT2D eigenvalue weighted by Gasteiger charge is -2.27. The Morgan fingerprint density at radius 3 is 2.95 bits per heavy atom. The molecule has 19 heavy (non-hydrogen) atoms. The molecular formula is C12H8BBrClN3O. The Bertz CT molecular complexity index is 667. The maximum atomic E-state index is 10.4. The molecule has 94 valence electrons. The first kappa shape index (κ1) is 12.7. The number of benzene rings is 1. The second-order valence-electron chi connectivity index (χ2n) is 4.05. The second kappa shape index (κ2) is 4.96. The first-order chi connectivity index (χ1) is 9.16. The zero-order valence-corrected chi connectivity index (χ0v) is 12.0. The largest absolute Gasteiger partial charge is 0.474 e. The maximum absolute atomic E-state index is 10.4. The fraction of sp³-hybridized carbons (Fsp3) is 0. The fourth-order valence-corrected chi connectivity index (χ4v) is 2.62. The summed E-state index contributed by atoms with van der Waals surface area (Å²) in [5.74, 6) is 0. The molecule has 0 saturated heterocycles. The number of aromatic nitrogens is 1. The molecule has 0 spiro atoms. The first-order valence-corrected chi connectivity index (χ1v) is 6.75. The van der Waals surface area contributed by atoms with Gasteiger partial charge < -0.3 is 5.02 Å². The Labute approximate surface area is 124 Å². The number of nitrogens with zero attached hydrogens (tertiary/aromatic N) is 3. The van der Waals surface area contributed by atoms with Crippen molar-refractivity contribution in [3.8, 4) is 0 Å². The van der Waals surface area contributed by atoms with Crippen molar-refractivity contribution in [2.75, 3.05) is 4.92 Å². The van der Waals surface area contributed by atoms with Gasteiger partial charge in [-0.2, -0.15) is 5.10 Å². The summed E-state index contributed by atoms with van der Waals surface area (Å²) in [7, 11) is -0.949. The van der Waals surface area contributed by atoms with E-state index in [9.17, 15) is 5.02 Å². The van der Waals surface area contributed by atoms with Gasteiger partial charge in [0.25, 0.3) is 0 Å². The Hall–Kier alpha value is -1.37. The van der Waals surface area contributed by atoms with Crippen molar-refractivity contribution >= 4 is 51.9 Å². The molecule has 1 aromatic carbocycles. The zero-order valence-electron chi connectivity index (χ0n) is 9.66. The van der Waals surface area contributed by atoms with E-state index >= 15 is 0 Å². The van der Waals surface area contributed by atoms with Crippen molar-refractivity contribution in [1.82, 2.24) is 4.98 Å². The van der Waals surface area contributed by atoms with E-state index in [0.717, 1.165) is 15.7 Å². The molecule has 0 atom stereocenters. The monoisotopic (exact) mass is 335 g/mol. The number of rotatable bonds is 1. The lowest BCUT2D eigenvalue weighted by atomic mass is 9.70. The van der Waals surface area contributed by atoms with Crippen LogP contribution in [0.5, 0.6) is 0 Å². The highest BCUT2D eigenvalue weighted by Gasteiger charge is 2.32. The lowest BCUT2D eigenvalue weighted by molar-refractivity contribution is 0.578. The van der Waals surface area contributed by atoms with E-state index in [1.54, 1.807) is 18.5 Å². The van der Waals surface area contributed by atoms with Crippen molar-refractivity contribution in [2.24, 2.45) is 5.10 Å². The summed E-state index contributed by atoms with van der Waals surface area (Å²) in [6.45, 7) is 0. The van der Waals surface area contributed by atoms with Gasteiger partial charge in [0.2, 0.25) is 0 Å². The first-order valence-electron chi connectivity index (χ1n) is 5.58. The molecule has 0 radical (unpaired) electrons. The highest BCUT2D eigenvalue weighted by Crippen LogP contribution is 2.23. The molecule has 0 fully saturated rings. The highest BCUT2D eigenvalue weighted by molar-refractivity contribution is 9.10. The summed E-state index contributed by atoms with van der Waals surface area (Å²) in [6, 6.07) is 9.29. The maximum Gasteiger partial charge on any atom is 0.474 e. The van der Waals surface area contributed by atoms with Crippen LogP contribution in [-0.2, 0) is 0 Å². The molecule has 4 nitrogen and oxygen atoms in total. The van der Waals surface area contributed by atoms with Crippen LogP contribution in [0.4, 0.5) is 5.69 Å². The topological polar surface area (TPSA) is 48.7 Å². The van der Waals surface area contributed by atoms with E-state index < -0.39 is 7.05 Å². The molecule has 0 unspecified atom stereocenters. The van der Waals surface area contributed by atoms with Gasteiger partial charge >= 0.3 is 7.05 Å². The van der Waals surface area contributed by atoms with Crippen LogP contribution >= 0.6 is 27.5 Å². The van der Waals surface area contributed by atoms with Crippen LogP contribution in [0.25, 0.3) is 0 Å². The summed E-state index contributed by atoms with van der Waals surface area (Å²) >= 11 is 9.45. The summed E-state index contributed by atoms with van der Waals surface area (Å²) < 4.78 is 0.912. The second-order valence-corrected chi connectivity index (χ2v) is 5.32. The van der Waals surface area contributed by atoms with Gasteiger partial charge in [0, 0.05) is 21.8 Å². The van der Waals surface area contributed by atoms with Crippen LogP contribution < -0.4 is 10.4 Å². The standard InChI is InChI=1S/C12H8BBrClN3O/c14-9-2-1-3-10(6-9)18-13(19)11-8(7-17-18)4-5-16-12(11)15/h1-7,19H. The van der Waals surface area contributed by atoms with Gasteiger partial charge in [-0.1, -0.05) is 33.6 Å². The highest BCUT2D eigenvalue weighted by atomic mass is 79.9. The van der Waals surface area contributed by atoms with Crippen molar-refractivity contribution in [1.29, 1.82) is 0 Å². The number of halogens is 2. The Kier molecular flexibility index (Phi) is 3.30. The molecule has 0 bridgehead atoms. The Morgan fingerprint density at radius 2 is 2.16 bits per heavy atom. The Balaban J connectivity index is 2.07. The van der Waals surface area contributed by atoms with E-state index in [4.69, 9.17) is 11.6 Å². The number of anilines is 1. The smallest absolute Gasteiger partial charge is 0.427 e. The fourth-order valence-electron chi connectivity index (χ4n) is 1.97. The van der Waals surface area contributed by atoms with E-state index in [1.807, 2.05) is 24.3 Å². The number of fused-ring (bicyclic) bond motifs is 1. The summed E-state index contributed by atoms with van der Waals surface area (Å²) in [5.41, 5.74) is 2.11. The van der Waals surface area contributed by atoms with Gasteiger partial charge in [0.1, 0.15) is 5.15 Å². The average molecular weight is 336 g/mol. The van der Waals surface area contributed by atoms with Crippen molar-refractivity contribution in [3.05, 3.63) is 51.7 Å². The van der Waals surface area contributed by atoms with Gasteiger partial charge in [-0.3, -0.25) is 4.92 Å². The quantitative estimate of drug-likeness (QED) is 0.640. The molecule has 2 heterocycles. The average Bonchev–Trinajstić information content (AvgIpc) is 2.39. The van der Waals surface area contributed by atoms with Crippen molar-refractivity contribution in [3.63, 3.8) is 0 Å². The zero-order chi connectivity index (χ0) is 13.4. The van der Waals surface area contributed by atoms with Crippen LogP contribution in [0.15, 0.2) is 46.1 Å². The van der Waals surface area contributed by atoms with Gasteiger partial charge in [0.05, 0.1) is 6.21 Å². The predicted octanol–water partition coefficient (Wildman–Crippen LogP) is 2.04. The molecule has 3 rings (SSSR count). The molecule has 1 N–H and O–H groups in total.